The summed E-state index contributed by atoms with van der Waals surface area (Å²) in [6.45, 7) is 0.570. The lowest BCUT2D eigenvalue weighted by Gasteiger charge is -2.25. The molecule has 2 aromatic heterocycles. The zero-order valence-corrected chi connectivity index (χ0v) is 29.1. The van der Waals surface area contributed by atoms with Crippen LogP contribution in [0.3, 0.4) is 0 Å². The summed E-state index contributed by atoms with van der Waals surface area (Å²) in [5.41, 5.74) is 4.68. The highest BCUT2D eigenvalue weighted by atomic mass is 16.5. The first-order chi connectivity index (χ1) is 25.9. The number of rotatable bonds is 11. The van der Waals surface area contributed by atoms with Crippen molar-refractivity contribution in [2.75, 3.05) is 6.54 Å². The number of ether oxygens (including phenoxy) is 1. The SMILES string of the molecule is O=C(C1CCC[C@H]1c1ncc(-c2cccc(Oc3ccc(-c4cnc([C@@H]5CCCN5C(=O)[C@@H](O)c5ccccc5)[nH]4)cc3)c2)[nH]1)[C@@H](O)c1ccccc1. The van der Waals surface area contributed by atoms with E-state index < -0.39 is 12.2 Å². The maximum atomic E-state index is 13.3. The number of aromatic nitrogens is 4. The van der Waals surface area contributed by atoms with Gasteiger partial charge in [0.2, 0.25) is 0 Å². The lowest BCUT2D eigenvalue weighted by atomic mass is 9.87. The van der Waals surface area contributed by atoms with Crippen LogP contribution in [-0.4, -0.2) is 53.3 Å². The Morgan fingerprint density at radius 2 is 1.34 bits per heavy atom. The summed E-state index contributed by atoms with van der Waals surface area (Å²) in [6.07, 6.45) is 5.29. The Hall–Kier alpha value is -5.84. The summed E-state index contributed by atoms with van der Waals surface area (Å²) < 4.78 is 6.24. The second kappa shape index (κ2) is 15.0. The highest BCUT2D eigenvalue weighted by Gasteiger charge is 2.39. The molecule has 1 saturated carbocycles. The van der Waals surface area contributed by atoms with Crippen LogP contribution in [0.2, 0.25) is 0 Å². The largest absolute Gasteiger partial charge is 0.457 e. The van der Waals surface area contributed by atoms with Gasteiger partial charge in [-0.1, -0.05) is 79.2 Å². The number of aromatic amines is 2. The van der Waals surface area contributed by atoms with Crippen molar-refractivity contribution in [1.82, 2.24) is 24.8 Å². The fraction of sp³-hybridized carbons (Fsp3) is 0.256. The van der Waals surface area contributed by atoms with E-state index in [0.29, 0.717) is 35.0 Å². The monoisotopic (exact) mass is 707 g/mol. The van der Waals surface area contributed by atoms with Crippen molar-refractivity contribution in [3.8, 4) is 34.0 Å². The number of aliphatic hydroxyl groups is 2. The number of benzene rings is 4. The van der Waals surface area contributed by atoms with Crippen LogP contribution in [0.15, 0.2) is 122 Å². The van der Waals surface area contributed by atoms with Crippen LogP contribution in [0.4, 0.5) is 0 Å². The van der Waals surface area contributed by atoms with Gasteiger partial charge >= 0.3 is 0 Å². The van der Waals surface area contributed by atoms with Crippen LogP contribution in [0.5, 0.6) is 11.5 Å². The molecule has 0 spiro atoms. The second-order valence-corrected chi connectivity index (χ2v) is 13.9. The normalized spacial score (nSPS) is 19.6. The van der Waals surface area contributed by atoms with Crippen LogP contribution in [-0.2, 0) is 9.59 Å². The molecular formula is C43H41N5O5. The molecule has 4 N–H and O–H groups in total. The Labute approximate surface area is 307 Å². The summed E-state index contributed by atoms with van der Waals surface area (Å²) in [5, 5.41) is 21.6. The fourth-order valence-corrected chi connectivity index (χ4v) is 7.77. The number of carbonyl (C=O) groups excluding carboxylic acids is 2. The van der Waals surface area contributed by atoms with E-state index >= 15 is 0 Å². The summed E-state index contributed by atoms with van der Waals surface area (Å²) in [6, 6.07) is 33.4. The molecule has 8 rings (SSSR count). The number of aliphatic hydroxyl groups excluding tert-OH is 2. The van der Waals surface area contributed by atoms with Gasteiger partial charge in [0.05, 0.1) is 29.8 Å². The standard InChI is InChI=1S/C43H41N5O5/c49-38(28-10-3-1-4-11-28)40(51)33-16-8-17-34(33)41-44-26-36(46-41)30-14-7-15-32(24-30)53-31-21-19-27(20-22-31)35-25-45-42(47-35)37-18-9-23-48(37)43(52)39(50)29-12-5-2-6-13-29/h1-7,10-15,19-22,24-26,33-34,37-39,49-50H,8-9,16-18,23H2,(H,44,46)(H,45,47)/t33?,34-,37+,38+,39+/m1/s1. The van der Waals surface area contributed by atoms with Crippen molar-refractivity contribution in [1.29, 1.82) is 0 Å². The molecule has 1 amide bonds. The summed E-state index contributed by atoms with van der Waals surface area (Å²) in [7, 11) is 0. The zero-order valence-electron chi connectivity index (χ0n) is 29.1. The van der Waals surface area contributed by atoms with E-state index in [1.54, 1.807) is 41.6 Å². The Kier molecular flexibility index (Phi) is 9.71. The molecule has 0 radical (unpaired) electrons. The van der Waals surface area contributed by atoms with Gasteiger partial charge in [0.25, 0.3) is 5.91 Å². The average molecular weight is 708 g/mol. The van der Waals surface area contributed by atoms with E-state index in [-0.39, 0.29) is 29.6 Å². The van der Waals surface area contributed by atoms with Gasteiger partial charge in [-0.2, -0.15) is 0 Å². The number of ketones is 1. The number of imidazole rings is 2. The van der Waals surface area contributed by atoms with Crippen LogP contribution < -0.4 is 4.74 Å². The first kappa shape index (κ1) is 34.3. The van der Waals surface area contributed by atoms with Crippen LogP contribution in [0.25, 0.3) is 22.5 Å². The van der Waals surface area contributed by atoms with Gasteiger partial charge < -0.3 is 29.8 Å². The Balaban J connectivity index is 0.914. The highest BCUT2D eigenvalue weighted by molar-refractivity contribution is 5.87. The number of H-pyrrole nitrogens is 2. The van der Waals surface area contributed by atoms with Crippen molar-refractivity contribution in [3.05, 3.63) is 144 Å². The van der Waals surface area contributed by atoms with Gasteiger partial charge in [-0.25, -0.2) is 9.97 Å². The van der Waals surface area contributed by atoms with Crippen molar-refractivity contribution < 1.29 is 24.5 Å². The van der Waals surface area contributed by atoms with Crippen molar-refractivity contribution in [2.24, 2.45) is 5.92 Å². The third-order valence-electron chi connectivity index (χ3n) is 10.6. The lowest BCUT2D eigenvalue weighted by molar-refractivity contribution is -0.141. The number of hydrogen-bond donors (Lipinski definition) is 4. The van der Waals surface area contributed by atoms with Gasteiger partial charge in [-0.3, -0.25) is 9.59 Å². The molecule has 3 heterocycles. The Morgan fingerprint density at radius 3 is 2.08 bits per heavy atom. The average Bonchev–Trinajstić information content (AvgIpc) is 4.05. The molecule has 6 aromatic rings. The quantitative estimate of drug-likeness (QED) is 0.107. The van der Waals surface area contributed by atoms with Crippen molar-refractivity contribution in [2.45, 2.75) is 56.3 Å². The molecule has 1 aliphatic heterocycles. The number of nitrogens with one attached hydrogen (secondary N) is 2. The van der Waals surface area contributed by atoms with E-state index in [1.165, 1.54) is 0 Å². The molecule has 53 heavy (non-hydrogen) atoms. The molecule has 0 bridgehead atoms. The first-order valence-corrected chi connectivity index (χ1v) is 18.2. The number of hydrogen-bond acceptors (Lipinski definition) is 7. The van der Waals surface area contributed by atoms with E-state index in [1.807, 2.05) is 84.9 Å². The molecule has 4 aromatic carbocycles. The third-order valence-corrected chi connectivity index (χ3v) is 10.6. The maximum absolute atomic E-state index is 13.3. The number of amides is 1. The minimum absolute atomic E-state index is 0.0781. The summed E-state index contributed by atoms with van der Waals surface area (Å²) in [4.78, 5) is 44.5. The number of nitrogens with zero attached hydrogens (tertiary/aromatic N) is 3. The first-order valence-electron chi connectivity index (χ1n) is 18.2. The minimum Gasteiger partial charge on any atom is -0.457 e. The van der Waals surface area contributed by atoms with Crippen molar-refractivity contribution in [3.63, 3.8) is 0 Å². The molecule has 1 saturated heterocycles. The van der Waals surface area contributed by atoms with Crippen LogP contribution >= 0.6 is 0 Å². The number of likely N-dealkylation sites (tertiary alicyclic amines) is 1. The molecule has 1 unspecified atom stereocenters. The van der Waals surface area contributed by atoms with E-state index in [0.717, 1.165) is 60.4 Å². The highest BCUT2D eigenvalue weighted by Crippen LogP contribution is 2.42. The molecule has 268 valence electrons. The van der Waals surface area contributed by atoms with Gasteiger partial charge in [-0.15, -0.1) is 0 Å². The van der Waals surface area contributed by atoms with E-state index in [4.69, 9.17) is 4.74 Å². The molecule has 2 fully saturated rings. The maximum Gasteiger partial charge on any atom is 0.256 e. The molecule has 10 nitrogen and oxygen atoms in total. The molecule has 5 atom stereocenters. The fourth-order valence-electron chi connectivity index (χ4n) is 7.77. The van der Waals surface area contributed by atoms with E-state index in [2.05, 4.69) is 19.9 Å². The molecular weight excluding hydrogens is 667 g/mol. The Bertz CT molecular complexity index is 2180. The lowest BCUT2D eigenvalue weighted by Crippen LogP contribution is -2.35. The van der Waals surface area contributed by atoms with E-state index in [9.17, 15) is 19.8 Å². The number of carbonyl (C=O) groups is 2. The second-order valence-electron chi connectivity index (χ2n) is 13.9. The van der Waals surface area contributed by atoms with Crippen LogP contribution in [0.1, 0.15) is 79.0 Å². The third kappa shape index (κ3) is 7.16. The molecule has 1 aliphatic carbocycles. The zero-order chi connectivity index (χ0) is 36.3. The smallest absolute Gasteiger partial charge is 0.256 e. The molecule has 2 aliphatic rings. The molecule has 10 heteroatoms. The van der Waals surface area contributed by atoms with Gasteiger partial charge in [-0.05, 0) is 78.8 Å². The minimum atomic E-state index is -1.21. The van der Waals surface area contributed by atoms with Crippen LogP contribution in [0, 0.1) is 5.92 Å². The summed E-state index contributed by atoms with van der Waals surface area (Å²) in [5.74, 6) is 1.95. The van der Waals surface area contributed by atoms with Crippen molar-refractivity contribution >= 4 is 11.7 Å². The van der Waals surface area contributed by atoms with Gasteiger partial charge in [0, 0.05) is 23.9 Å². The Morgan fingerprint density at radius 1 is 0.679 bits per heavy atom. The predicted octanol–water partition coefficient (Wildman–Crippen LogP) is 7.84. The summed E-state index contributed by atoms with van der Waals surface area (Å²) >= 11 is 0. The van der Waals surface area contributed by atoms with Gasteiger partial charge in [0.1, 0.15) is 29.3 Å². The topological polar surface area (TPSA) is 144 Å². The van der Waals surface area contributed by atoms with Gasteiger partial charge in [0.15, 0.2) is 11.9 Å². The predicted molar refractivity (Wildman–Crippen MR) is 200 cm³/mol. The number of Topliss-reactive ketones (excluding diaryl/α,β-unsaturated/α-hetero) is 1.